The molecule has 0 amide bonds. The Hall–Kier alpha value is -1.06. The largest absolute Gasteiger partial charge is 0.496 e. The van der Waals surface area contributed by atoms with Crippen LogP contribution in [0.25, 0.3) is 0 Å². The van der Waals surface area contributed by atoms with Crippen molar-refractivity contribution in [3.63, 3.8) is 0 Å². The minimum Gasteiger partial charge on any atom is -0.496 e. The summed E-state index contributed by atoms with van der Waals surface area (Å²) in [7, 11) is 1.77. The molecule has 0 radical (unpaired) electrons. The third kappa shape index (κ3) is 3.28. The lowest BCUT2D eigenvalue weighted by Gasteiger charge is -2.25. The van der Waals surface area contributed by atoms with E-state index in [0.29, 0.717) is 6.04 Å². The Morgan fingerprint density at radius 3 is 2.74 bits per heavy atom. The Bertz CT molecular complexity index is 437. The van der Waals surface area contributed by atoms with Crippen molar-refractivity contribution in [2.75, 3.05) is 20.2 Å². The molecule has 106 valence electrons. The van der Waals surface area contributed by atoms with Crippen LogP contribution in [0.4, 0.5) is 0 Å². The summed E-state index contributed by atoms with van der Waals surface area (Å²) in [5, 5.41) is 7.10. The smallest absolute Gasteiger partial charge is 0.126 e. The molecule has 2 rings (SSSR count). The van der Waals surface area contributed by atoms with Crippen LogP contribution < -0.4 is 15.4 Å². The number of aryl methyl sites for hydroxylation is 2. The van der Waals surface area contributed by atoms with Crippen molar-refractivity contribution < 1.29 is 4.74 Å². The normalized spacial score (nSPS) is 19.5. The van der Waals surface area contributed by atoms with Gasteiger partial charge in [-0.05, 0) is 56.8 Å². The van der Waals surface area contributed by atoms with Gasteiger partial charge in [0.2, 0.25) is 0 Å². The zero-order valence-corrected chi connectivity index (χ0v) is 12.6. The maximum Gasteiger partial charge on any atom is 0.126 e. The summed E-state index contributed by atoms with van der Waals surface area (Å²) in [5.74, 6) is 1.05. The van der Waals surface area contributed by atoms with E-state index in [0.717, 1.165) is 25.4 Å². The van der Waals surface area contributed by atoms with Gasteiger partial charge in [-0.15, -0.1) is 0 Å². The zero-order valence-electron chi connectivity index (χ0n) is 12.6. The highest BCUT2D eigenvalue weighted by Crippen LogP contribution is 2.29. The predicted molar refractivity (Wildman–Crippen MR) is 79.9 cm³/mol. The van der Waals surface area contributed by atoms with Gasteiger partial charge in [0, 0.05) is 24.7 Å². The maximum atomic E-state index is 5.62. The van der Waals surface area contributed by atoms with Crippen LogP contribution in [0, 0.1) is 20.8 Å². The van der Waals surface area contributed by atoms with Crippen molar-refractivity contribution in [2.45, 2.75) is 46.2 Å². The van der Waals surface area contributed by atoms with E-state index < -0.39 is 0 Å². The van der Waals surface area contributed by atoms with Gasteiger partial charge in [-0.25, -0.2) is 0 Å². The van der Waals surface area contributed by atoms with Gasteiger partial charge in [-0.1, -0.05) is 6.07 Å². The summed E-state index contributed by atoms with van der Waals surface area (Å²) >= 11 is 0. The molecule has 1 heterocycles. The average molecular weight is 262 g/mol. The van der Waals surface area contributed by atoms with Gasteiger partial charge in [0.15, 0.2) is 0 Å². The van der Waals surface area contributed by atoms with Crippen molar-refractivity contribution in [3.05, 3.63) is 28.3 Å². The highest BCUT2D eigenvalue weighted by Gasteiger charge is 2.16. The fourth-order valence-electron chi connectivity index (χ4n) is 2.87. The number of nitrogens with one attached hydrogen (secondary N) is 2. The van der Waals surface area contributed by atoms with Crippen LogP contribution in [-0.4, -0.2) is 26.2 Å². The van der Waals surface area contributed by atoms with Crippen LogP contribution in [0.1, 0.15) is 35.1 Å². The van der Waals surface area contributed by atoms with Crippen molar-refractivity contribution in [3.8, 4) is 5.75 Å². The second-order valence-electron chi connectivity index (χ2n) is 5.57. The third-order valence-electron chi connectivity index (χ3n) is 4.18. The molecule has 19 heavy (non-hydrogen) atoms. The number of methoxy groups -OCH3 is 1. The van der Waals surface area contributed by atoms with E-state index in [2.05, 4.69) is 37.5 Å². The molecule has 0 aliphatic carbocycles. The number of hydrogen-bond acceptors (Lipinski definition) is 3. The van der Waals surface area contributed by atoms with Crippen molar-refractivity contribution in [1.82, 2.24) is 10.6 Å². The molecule has 1 aromatic carbocycles. The molecule has 1 aromatic rings. The molecule has 3 nitrogen and oxygen atoms in total. The lowest BCUT2D eigenvalue weighted by molar-refractivity contribution is 0.376. The van der Waals surface area contributed by atoms with Crippen molar-refractivity contribution in [2.24, 2.45) is 0 Å². The van der Waals surface area contributed by atoms with Crippen LogP contribution in [0.5, 0.6) is 5.75 Å². The summed E-state index contributed by atoms with van der Waals surface area (Å²) in [6.45, 7) is 9.58. The number of ether oxygens (including phenoxy) is 1. The lowest BCUT2D eigenvalue weighted by Crippen LogP contribution is -2.42. The Morgan fingerprint density at radius 1 is 1.32 bits per heavy atom. The highest BCUT2D eigenvalue weighted by atomic mass is 16.5. The second kappa shape index (κ2) is 6.40. The Labute approximate surface area is 116 Å². The molecule has 1 aliphatic rings. The predicted octanol–water partition coefficient (Wildman–Crippen LogP) is 2.46. The molecule has 1 fully saturated rings. The first kappa shape index (κ1) is 14.4. The first-order valence-electron chi connectivity index (χ1n) is 7.21. The monoisotopic (exact) mass is 262 g/mol. The minimum atomic E-state index is 0.583. The molecule has 1 saturated heterocycles. The topological polar surface area (TPSA) is 33.3 Å². The van der Waals surface area contributed by atoms with E-state index in [1.54, 1.807) is 7.11 Å². The Balaban J connectivity index is 2.12. The van der Waals surface area contributed by atoms with E-state index in [1.165, 1.54) is 35.1 Å². The Kier molecular flexibility index (Phi) is 4.83. The molecule has 1 unspecified atom stereocenters. The minimum absolute atomic E-state index is 0.583. The maximum absolute atomic E-state index is 5.62. The van der Waals surface area contributed by atoms with Gasteiger partial charge in [-0.3, -0.25) is 0 Å². The number of hydrogen-bond donors (Lipinski definition) is 2. The summed E-state index contributed by atoms with van der Waals surface area (Å²) in [6.07, 6.45) is 2.53. The van der Waals surface area contributed by atoms with Gasteiger partial charge >= 0.3 is 0 Å². The number of rotatable bonds is 4. The van der Waals surface area contributed by atoms with E-state index in [9.17, 15) is 0 Å². The van der Waals surface area contributed by atoms with Crippen LogP contribution >= 0.6 is 0 Å². The van der Waals surface area contributed by atoms with Gasteiger partial charge in [0.05, 0.1) is 7.11 Å². The van der Waals surface area contributed by atoms with Crippen LogP contribution in [-0.2, 0) is 6.54 Å². The standard InChI is InChI=1S/C16H26N2O/c1-11-8-12(2)15(16(19-4)13(11)3)10-18-14-6-5-7-17-9-14/h8,14,17-18H,5-7,9-10H2,1-4H3. The van der Waals surface area contributed by atoms with Crippen molar-refractivity contribution in [1.29, 1.82) is 0 Å². The molecular weight excluding hydrogens is 236 g/mol. The molecule has 0 spiro atoms. The van der Waals surface area contributed by atoms with E-state index in [-0.39, 0.29) is 0 Å². The first-order valence-corrected chi connectivity index (χ1v) is 7.21. The van der Waals surface area contributed by atoms with Crippen LogP contribution in [0.2, 0.25) is 0 Å². The van der Waals surface area contributed by atoms with Gasteiger partial charge < -0.3 is 15.4 Å². The summed E-state index contributed by atoms with van der Waals surface area (Å²) in [4.78, 5) is 0. The summed E-state index contributed by atoms with van der Waals surface area (Å²) in [6, 6.07) is 2.84. The zero-order chi connectivity index (χ0) is 13.8. The lowest BCUT2D eigenvalue weighted by atomic mass is 9.98. The van der Waals surface area contributed by atoms with E-state index in [4.69, 9.17) is 4.74 Å². The van der Waals surface area contributed by atoms with Crippen molar-refractivity contribution >= 4 is 0 Å². The van der Waals surface area contributed by atoms with Crippen LogP contribution in [0.3, 0.4) is 0 Å². The summed E-state index contributed by atoms with van der Waals surface area (Å²) in [5.41, 5.74) is 5.18. The highest BCUT2D eigenvalue weighted by molar-refractivity contribution is 5.49. The fraction of sp³-hybridized carbons (Fsp3) is 0.625. The third-order valence-corrected chi connectivity index (χ3v) is 4.18. The molecular formula is C16H26N2O. The number of piperidine rings is 1. The molecule has 1 aliphatic heterocycles. The molecule has 2 N–H and O–H groups in total. The van der Waals surface area contributed by atoms with Crippen LogP contribution in [0.15, 0.2) is 6.07 Å². The van der Waals surface area contributed by atoms with Gasteiger partial charge in [0.1, 0.15) is 5.75 Å². The summed E-state index contributed by atoms with van der Waals surface area (Å²) < 4.78 is 5.62. The molecule has 0 bridgehead atoms. The first-order chi connectivity index (χ1) is 9.13. The van der Waals surface area contributed by atoms with Gasteiger partial charge in [0.25, 0.3) is 0 Å². The van der Waals surface area contributed by atoms with E-state index >= 15 is 0 Å². The second-order valence-corrected chi connectivity index (χ2v) is 5.57. The molecule has 3 heteroatoms. The fourth-order valence-corrected chi connectivity index (χ4v) is 2.87. The SMILES string of the molecule is COc1c(C)c(C)cc(C)c1CNC1CCCNC1. The van der Waals surface area contributed by atoms with Gasteiger partial charge in [-0.2, -0.15) is 0 Å². The quantitative estimate of drug-likeness (QED) is 0.874. The molecule has 0 saturated carbocycles. The molecule has 0 aromatic heterocycles. The Morgan fingerprint density at radius 2 is 2.11 bits per heavy atom. The van der Waals surface area contributed by atoms with E-state index in [1.807, 2.05) is 0 Å². The number of benzene rings is 1. The average Bonchev–Trinajstić information content (AvgIpc) is 2.42. The molecule has 1 atom stereocenters.